The molecular formula is C11H13FN2O3. The standard InChI is InChI=1S/C11H13FN2O3/c1-11(2,5-9(15)16)14-10(17)7-3-4-8(12)13-6-7/h3-4,6H,5H2,1-2H3,(H,14,17)(H,15,16). The molecule has 92 valence electrons. The predicted octanol–water partition coefficient (Wildman–Crippen LogP) is 1.20. The molecule has 1 aromatic rings. The van der Waals surface area contributed by atoms with Gasteiger partial charge in [-0.25, -0.2) is 4.98 Å². The quantitative estimate of drug-likeness (QED) is 0.775. The Labute approximate surface area is 97.7 Å². The molecule has 1 rings (SSSR count). The highest BCUT2D eigenvalue weighted by Gasteiger charge is 2.24. The molecule has 17 heavy (non-hydrogen) atoms. The second-order valence-corrected chi connectivity index (χ2v) is 4.28. The summed E-state index contributed by atoms with van der Waals surface area (Å²) in [5, 5.41) is 11.2. The molecule has 2 N–H and O–H groups in total. The number of hydrogen-bond donors (Lipinski definition) is 2. The first-order valence-electron chi connectivity index (χ1n) is 4.96. The highest BCUT2D eigenvalue weighted by atomic mass is 19.1. The van der Waals surface area contributed by atoms with Gasteiger partial charge in [0.1, 0.15) is 0 Å². The first kappa shape index (κ1) is 13.1. The molecule has 0 unspecified atom stereocenters. The van der Waals surface area contributed by atoms with Gasteiger partial charge >= 0.3 is 5.97 Å². The maximum Gasteiger partial charge on any atom is 0.305 e. The zero-order valence-corrected chi connectivity index (χ0v) is 9.53. The summed E-state index contributed by atoms with van der Waals surface area (Å²) in [6.45, 7) is 3.19. The van der Waals surface area contributed by atoms with Crippen LogP contribution < -0.4 is 5.32 Å². The second-order valence-electron chi connectivity index (χ2n) is 4.28. The van der Waals surface area contributed by atoms with Gasteiger partial charge in [-0.2, -0.15) is 4.39 Å². The van der Waals surface area contributed by atoms with E-state index in [4.69, 9.17) is 5.11 Å². The highest BCUT2D eigenvalue weighted by molar-refractivity contribution is 5.94. The molecule has 5 nitrogen and oxygen atoms in total. The number of carboxylic acid groups (broad SMARTS) is 1. The van der Waals surface area contributed by atoms with Crippen molar-refractivity contribution in [3.63, 3.8) is 0 Å². The number of nitrogens with one attached hydrogen (secondary N) is 1. The van der Waals surface area contributed by atoms with Crippen molar-refractivity contribution in [2.45, 2.75) is 25.8 Å². The first-order chi connectivity index (χ1) is 7.80. The van der Waals surface area contributed by atoms with E-state index in [1.54, 1.807) is 13.8 Å². The van der Waals surface area contributed by atoms with Gasteiger partial charge in [0.05, 0.1) is 12.0 Å². The number of carboxylic acids is 1. The zero-order chi connectivity index (χ0) is 13.1. The molecule has 0 saturated carbocycles. The zero-order valence-electron chi connectivity index (χ0n) is 9.53. The van der Waals surface area contributed by atoms with Crippen LogP contribution in [-0.4, -0.2) is 27.5 Å². The maximum atomic E-state index is 12.5. The van der Waals surface area contributed by atoms with Crippen LogP contribution in [-0.2, 0) is 4.79 Å². The summed E-state index contributed by atoms with van der Waals surface area (Å²) in [6.07, 6.45) is 0.898. The second kappa shape index (κ2) is 4.90. The summed E-state index contributed by atoms with van der Waals surface area (Å²) in [4.78, 5) is 25.6. The number of carbonyl (C=O) groups excluding carboxylic acids is 1. The molecule has 1 aromatic heterocycles. The Hall–Kier alpha value is -1.98. The van der Waals surface area contributed by atoms with Crippen LogP contribution in [0.2, 0.25) is 0 Å². The minimum atomic E-state index is -1.01. The SMILES string of the molecule is CC(C)(CC(=O)O)NC(=O)c1ccc(F)nc1. The van der Waals surface area contributed by atoms with Crippen LogP contribution in [0.15, 0.2) is 18.3 Å². The van der Waals surface area contributed by atoms with Crippen LogP contribution in [0.3, 0.4) is 0 Å². The minimum absolute atomic E-state index is 0.185. The number of nitrogens with zero attached hydrogens (tertiary/aromatic N) is 1. The van der Waals surface area contributed by atoms with Crippen LogP contribution >= 0.6 is 0 Å². The smallest absolute Gasteiger partial charge is 0.305 e. The topological polar surface area (TPSA) is 79.3 Å². The molecule has 0 aliphatic rings. The average Bonchev–Trinajstić information content (AvgIpc) is 2.15. The Bertz CT molecular complexity index is 429. The number of hydrogen-bond acceptors (Lipinski definition) is 3. The van der Waals surface area contributed by atoms with Gasteiger partial charge in [-0.05, 0) is 26.0 Å². The van der Waals surface area contributed by atoms with E-state index in [9.17, 15) is 14.0 Å². The van der Waals surface area contributed by atoms with E-state index in [0.717, 1.165) is 12.3 Å². The molecule has 0 aliphatic carbocycles. The maximum absolute atomic E-state index is 12.5. The van der Waals surface area contributed by atoms with Gasteiger partial charge in [0.2, 0.25) is 5.95 Å². The van der Waals surface area contributed by atoms with Gasteiger partial charge in [0.25, 0.3) is 5.91 Å². The third-order valence-corrected chi connectivity index (χ3v) is 2.03. The monoisotopic (exact) mass is 240 g/mol. The molecular weight excluding hydrogens is 227 g/mol. The largest absolute Gasteiger partial charge is 0.481 e. The van der Waals surface area contributed by atoms with Gasteiger partial charge in [0, 0.05) is 11.7 Å². The number of aromatic nitrogens is 1. The molecule has 1 heterocycles. The molecule has 6 heteroatoms. The van der Waals surface area contributed by atoms with E-state index >= 15 is 0 Å². The summed E-state index contributed by atoms with van der Waals surface area (Å²) in [5.74, 6) is -2.16. The van der Waals surface area contributed by atoms with Crippen molar-refractivity contribution in [1.29, 1.82) is 0 Å². The van der Waals surface area contributed by atoms with Crippen molar-refractivity contribution in [2.75, 3.05) is 0 Å². The summed E-state index contributed by atoms with van der Waals surface area (Å²) >= 11 is 0. The fourth-order valence-corrected chi connectivity index (χ4v) is 1.31. The summed E-state index contributed by atoms with van der Waals surface area (Å²) in [5.41, 5.74) is -0.693. The van der Waals surface area contributed by atoms with Crippen molar-refractivity contribution in [2.24, 2.45) is 0 Å². The minimum Gasteiger partial charge on any atom is -0.481 e. The number of amides is 1. The number of halogens is 1. The van der Waals surface area contributed by atoms with Crippen molar-refractivity contribution in [3.05, 3.63) is 29.8 Å². The highest BCUT2D eigenvalue weighted by Crippen LogP contribution is 2.10. The van der Waals surface area contributed by atoms with E-state index in [2.05, 4.69) is 10.3 Å². The van der Waals surface area contributed by atoms with E-state index in [1.165, 1.54) is 6.07 Å². The first-order valence-corrected chi connectivity index (χ1v) is 4.96. The normalized spacial score (nSPS) is 11.0. The van der Waals surface area contributed by atoms with Crippen molar-refractivity contribution in [3.8, 4) is 0 Å². The third kappa shape index (κ3) is 4.18. The van der Waals surface area contributed by atoms with Gasteiger partial charge in [0.15, 0.2) is 0 Å². The number of carbonyl (C=O) groups is 2. The number of rotatable bonds is 4. The van der Waals surface area contributed by atoms with Gasteiger partial charge in [-0.3, -0.25) is 9.59 Å². The third-order valence-electron chi connectivity index (χ3n) is 2.03. The molecule has 0 aromatic carbocycles. The predicted molar refractivity (Wildman–Crippen MR) is 58.0 cm³/mol. The van der Waals surface area contributed by atoms with Crippen LogP contribution in [0, 0.1) is 5.95 Å². The van der Waals surface area contributed by atoms with E-state index < -0.39 is 23.4 Å². The molecule has 0 aliphatic heterocycles. The van der Waals surface area contributed by atoms with Crippen molar-refractivity contribution in [1.82, 2.24) is 10.3 Å². The van der Waals surface area contributed by atoms with Crippen LogP contribution in [0.25, 0.3) is 0 Å². The lowest BCUT2D eigenvalue weighted by Crippen LogP contribution is -2.44. The summed E-state index contributed by atoms with van der Waals surface area (Å²) in [7, 11) is 0. The fourth-order valence-electron chi connectivity index (χ4n) is 1.31. The van der Waals surface area contributed by atoms with Crippen LogP contribution in [0.5, 0.6) is 0 Å². The lowest BCUT2D eigenvalue weighted by Gasteiger charge is -2.24. The van der Waals surface area contributed by atoms with Crippen LogP contribution in [0.4, 0.5) is 4.39 Å². The van der Waals surface area contributed by atoms with Crippen LogP contribution in [0.1, 0.15) is 30.6 Å². The Morgan fingerprint density at radius 1 is 1.47 bits per heavy atom. The molecule has 0 saturated heterocycles. The van der Waals surface area contributed by atoms with Crippen molar-refractivity contribution >= 4 is 11.9 Å². The molecule has 0 spiro atoms. The molecule has 0 radical (unpaired) electrons. The Morgan fingerprint density at radius 2 is 2.12 bits per heavy atom. The van der Waals surface area contributed by atoms with Gasteiger partial charge in [-0.15, -0.1) is 0 Å². The Balaban J connectivity index is 2.72. The molecule has 1 amide bonds. The lowest BCUT2D eigenvalue weighted by atomic mass is 10.0. The Morgan fingerprint density at radius 3 is 2.59 bits per heavy atom. The Kier molecular flexibility index (Phi) is 3.77. The van der Waals surface area contributed by atoms with E-state index in [1.807, 2.05) is 0 Å². The van der Waals surface area contributed by atoms with Gasteiger partial charge in [-0.1, -0.05) is 0 Å². The fraction of sp³-hybridized carbons (Fsp3) is 0.364. The summed E-state index contributed by atoms with van der Waals surface area (Å²) < 4.78 is 12.5. The number of pyridine rings is 1. The molecule has 0 atom stereocenters. The molecule has 0 bridgehead atoms. The van der Waals surface area contributed by atoms with E-state index in [-0.39, 0.29) is 12.0 Å². The van der Waals surface area contributed by atoms with E-state index in [0.29, 0.717) is 0 Å². The van der Waals surface area contributed by atoms with Gasteiger partial charge < -0.3 is 10.4 Å². The summed E-state index contributed by atoms with van der Waals surface area (Å²) in [6, 6.07) is 2.35. The molecule has 0 fully saturated rings. The number of aliphatic carboxylic acids is 1. The van der Waals surface area contributed by atoms with Crippen molar-refractivity contribution < 1.29 is 19.1 Å². The lowest BCUT2D eigenvalue weighted by molar-refractivity contribution is -0.138. The average molecular weight is 240 g/mol.